The molecule has 0 bridgehead atoms. The van der Waals surface area contributed by atoms with Crippen LogP contribution in [0.15, 0.2) is 28.6 Å². The maximum atomic E-state index is 13.6. The average molecular weight is 572 g/mol. The fraction of sp³-hybridized carbons (Fsp3) is 0.550. The number of rotatable bonds is 9. The Labute approximate surface area is 213 Å². The van der Waals surface area contributed by atoms with Gasteiger partial charge >= 0.3 is 6.09 Å². The number of halogens is 1. The number of aromatic nitrogens is 2. The quantitative estimate of drug-likeness (QED) is 0.300. The van der Waals surface area contributed by atoms with Gasteiger partial charge < -0.3 is 24.2 Å². The van der Waals surface area contributed by atoms with Gasteiger partial charge in [0, 0.05) is 6.07 Å². The molecule has 0 aliphatic heterocycles. The van der Waals surface area contributed by atoms with Gasteiger partial charge in [-0.2, -0.15) is 12.7 Å². The van der Waals surface area contributed by atoms with Crippen LogP contribution in [0.4, 0.5) is 4.79 Å². The van der Waals surface area contributed by atoms with E-state index in [4.69, 9.17) is 21.1 Å². The molecule has 0 saturated carbocycles. The Hall–Kier alpha value is -1.60. The highest BCUT2D eigenvalue weighted by atomic mass is 35.5. The summed E-state index contributed by atoms with van der Waals surface area (Å²) in [5, 5.41) is 4.05. The lowest BCUT2D eigenvalue weighted by Gasteiger charge is -2.31. The fourth-order valence-corrected chi connectivity index (χ4v) is 7.16. The Kier molecular flexibility index (Phi) is 9.85. The lowest BCUT2D eigenvalue weighted by molar-refractivity contribution is 0.0332. The van der Waals surface area contributed by atoms with E-state index < -0.39 is 44.0 Å². The molecule has 0 atom stereocenters. The van der Waals surface area contributed by atoms with Crippen molar-refractivity contribution in [3.63, 3.8) is 0 Å². The zero-order valence-electron chi connectivity index (χ0n) is 20.1. The molecule has 0 saturated heterocycles. The Morgan fingerprint density at radius 2 is 1.89 bits per heavy atom. The van der Waals surface area contributed by atoms with Gasteiger partial charge in [0.15, 0.2) is 4.38 Å². The molecule has 35 heavy (non-hydrogen) atoms. The van der Waals surface area contributed by atoms with Crippen molar-refractivity contribution in [2.75, 3.05) is 12.5 Å². The molecule has 2 rings (SSSR count). The van der Waals surface area contributed by atoms with Crippen LogP contribution >= 0.6 is 30.5 Å². The molecule has 0 unspecified atom stereocenters. The molecule has 0 aliphatic carbocycles. The van der Waals surface area contributed by atoms with Gasteiger partial charge in [-0.05, 0) is 45.7 Å². The summed E-state index contributed by atoms with van der Waals surface area (Å²) in [5.74, 6) is 0.598. The second-order valence-corrected chi connectivity index (χ2v) is 13.6. The zero-order valence-corrected chi connectivity index (χ0v) is 23.4. The van der Waals surface area contributed by atoms with E-state index in [1.165, 1.54) is 12.1 Å². The van der Waals surface area contributed by atoms with Crippen molar-refractivity contribution in [2.24, 2.45) is 0 Å². The van der Waals surface area contributed by atoms with Crippen LogP contribution in [0.1, 0.15) is 47.5 Å². The topological polar surface area (TPSA) is 151 Å². The lowest BCUT2D eigenvalue weighted by atomic mass is 10.2. The number of carbonyl (C=O) groups excluding carboxylic acids is 1. The first-order valence-electron chi connectivity index (χ1n) is 10.7. The Morgan fingerprint density at radius 3 is 2.40 bits per heavy atom. The molecule has 2 aromatic rings. The Balaban J connectivity index is 2.73. The third kappa shape index (κ3) is 7.45. The first kappa shape index (κ1) is 29.6. The summed E-state index contributed by atoms with van der Waals surface area (Å²) in [6, 6.07) is 5.44. The van der Waals surface area contributed by atoms with Crippen LogP contribution in [0.2, 0.25) is 0 Å². The van der Waals surface area contributed by atoms with E-state index >= 15 is 0 Å². The Morgan fingerprint density at radius 1 is 1.26 bits per heavy atom. The van der Waals surface area contributed by atoms with Crippen molar-refractivity contribution < 1.29 is 37.4 Å². The van der Waals surface area contributed by atoms with Crippen LogP contribution in [0.5, 0.6) is 5.75 Å². The standard InChI is InChI=1S/C20H31ClN3O8PS2/c1-6-14(7-2)24(18(25)32-20(3,4)5)35(29,30)17-22-23(19(34-17)33(26,27)28)15-9-8-10-16(13-15)31-12-11-21/h8-10,13-14,26-28H,6-7,11-12H2,1-5H3. The molecule has 1 amide bonds. The minimum absolute atomic E-state index is 0.192. The number of hydrogen-bond acceptors (Lipinski definition) is 10. The highest BCUT2D eigenvalue weighted by Crippen LogP contribution is 2.40. The molecular formula is C20H31ClN3O8PS2. The van der Waals surface area contributed by atoms with Crippen molar-refractivity contribution in [2.45, 2.75) is 63.4 Å². The average Bonchev–Trinajstić information content (AvgIpc) is 3.22. The number of sulfonamides is 1. The SMILES string of the molecule is CCC(CC)N(C(=O)OC(C)(C)C)S(=O)(=O)c1nn(-c2cccc(OCCCl)c2)c(=P(O)(O)O)s1. The number of alkyl halides is 1. The van der Waals surface area contributed by atoms with Gasteiger partial charge in [0.25, 0.3) is 21.9 Å². The predicted octanol–water partition coefficient (Wildman–Crippen LogP) is 3.94. The summed E-state index contributed by atoms with van der Waals surface area (Å²) in [6.07, 6.45) is -0.460. The van der Waals surface area contributed by atoms with E-state index in [2.05, 4.69) is 5.10 Å². The van der Waals surface area contributed by atoms with Crippen LogP contribution < -0.4 is 4.74 Å². The van der Waals surface area contributed by atoms with Crippen molar-refractivity contribution in [1.29, 1.82) is 0 Å². The van der Waals surface area contributed by atoms with Gasteiger partial charge in [0.05, 0.1) is 17.6 Å². The van der Waals surface area contributed by atoms with Gasteiger partial charge in [0.1, 0.15) is 18.0 Å². The minimum atomic E-state index is -4.72. The van der Waals surface area contributed by atoms with Crippen molar-refractivity contribution in [3.05, 3.63) is 28.6 Å². The fourth-order valence-electron chi connectivity index (χ4n) is 3.04. The number of ether oxygens (including phenoxy) is 2. The van der Waals surface area contributed by atoms with E-state index in [-0.39, 0.29) is 18.2 Å². The van der Waals surface area contributed by atoms with E-state index in [1.54, 1.807) is 46.8 Å². The molecule has 1 aromatic carbocycles. The zero-order chi connectivity index (χ0) is 26.6. The van der Waals surface area contributed by atoms with Crippen LogP contribution in [0, 0.1) is 4.38 Å². The molecule has 0 spiro atoms. The van der Waals surface area contributed by atoms with Crippen LogP contribution in [-0.2, 0) is 14.8 Å². The first-order chi connectivity index (χ1) is 16.2. The van der Waals surface area contributed by atoms with E-state index in [0.29, 0.717) is 34.2 Å². The monoisotopic (exact) mass is 571 g/mol. The summed E-state index contributed by atoms with van der Waals surface area (Å²) < 4.78 is 38.5. The maximum absolute atomic E-state index is 13.6. The second-order valence-electron chi connectivity index (χ2n) is 8.42. The van der Waals surface area contributed by atoms with Gasteiger partial charge in [-0.25, -0.2) is 9.48 Å². The highest BCUT2D eigenvalue weighted by Gasteiger charge is 2.40. The molecule has 198 valence electrons. The van der Waals surface area contributed by atoms with Crippen LogP contribution in [0.25, 0.3) is 5.69 Å². The van der Waals surface area contributed by atoms with Crippen molar-refractivity contribution in [3.8, 4) is 11.4 Å². The normalized spacial score (nSPS) is 12.6. The molecule has 15 heteroatoms. The third-order valence-electron chi connectivity index (χ3n) is 4.53. The van der Waals surface area contributed by atoms with Gasteiger partial charge in [0.2, 0.25) is 0 Å². The molecule has 0 fully saturated rings. The second kappa shape index (κ2) is 11.6. The number of hydrogen-bond donors (Lipinski definition) is 3. The van der Waals surface area contributed by atoms with Crippen molar-refractivity contribution >= 4 is 46.6 Å². The van der Waals surface area contributed by atoms with Gasteiger partial charge in [-0.15, -0.1) is 16.7 Å². The number of benzene rings is 1. The third-order valence-corrected chi connectivity index (χ3v) is 9.38. The highest BCUT2D eigenvalue weighted by molar-refractivity contribution is 7.91. The summed E-state index contributed by atoms with van der Waals surface area (Å²) in [4.78, 5) is 43.1. The van der Waals surface area contributed by atoms with Gasteiger partial charge in [-0.1, -0.05) is 31.3 Å². The number of nitrogens with zero attached hydrogens (tertiary/aromatic N) is 3. The Bertz CT molecular complexity index is 1220. The number of carbonyl (C=O) groups is 1. The molecular weight excluding hydrogens is 541 g/mol. The summed E-state index contributed by atoms with van der Waals surface area (Å²) in [6.45, 7) is 8.49. The van der Waals surface area contributed by atoms with Crippen LogP contribution in [0.3, 0.4) is 0 Å². The molecule has 0 aliphatic rings. The predicted molar refractivity (Wildman–Crippen MR) is 134 cm³/mol. The smallest absolute Gasteiger partial charge is 0.424 e. The van der Waals surface area contributed by atoms with Gasteiger partial charge in [-0.3, -0.25) is 0 Å². The minimum Gasteiger partial charge on any atom is -0.492 e. The summed E-state index contributed by atoms with van der Waals surface area (Å²) in [5.41, 5.74) is -0.770. The van der Waals surface area contributed by atoms with E-state index in [0.717, 1.165) is 4.68 Å². The molecule has 1 aromatic heterocycles. The summed E-state index contributed by atoms with van der Waals surface area (Å²) >= 11 is 5.99. The summed E-state index contributed by atoms with van der Waals surface area (Å²) in [7, 11) is -9.33. The van der Waals surface area contributed by atoms with E-state index in [9.17, 15) is 27.9 Å². The first-order valence-corrected chi connectivity index (χ1v) is 15.2. The lowest BCUT2D eigenvalue weighted by Crippen LogP contribution is -2.46. The number of amides is 1. The molecule has 11 nitrogen and oxygen atoms in total. The molecule has 1 heterocycles. The molecule has 0 radical (unpaired) electrons. The molecule has 3 N–H and O–H groups in total. The van der Waals surface area contributed by atoms with Crippen LogP contribution in [-0.4, -0.2) is 67.4 Å². The largest absolute Gasteiger partial charge is 0.492 e. The maximum Gasteiger partial charge on any atom is 0.424 e. The van der Waals surface area contributed by atoms with E-state index in [1.807, 2.05) is 0 Å². The van der Waals surface area contributed by atoms with Crippen molar-refractivity contribution in [1.82, 2.24) is 14.1 Å².